The molecule has 1 unspecified atom stereocenters. The Bertz CT molecular complexity index is 1220. The summed E-state index contributed by atoms with van der Waals surface area (Å²) in [5, 5.41) is 18.5. The van der Waals surface area contributed by atoms with Crippen LogP contribution in [0, 0.1) is 5.82 Å². The molecular formula is C22H22FN5O2. The Morgan fingerprint density at radius 1 is 1.23 bits per heavy atom. The first kappa shape index (κ1) is 19.8. The number of nitrogens with zero attached hydrogens (tertiary/aromatic N) is 4. The van der Waals surface area contributed by atoms with Gasteiger partial charge in [-0.3, -0.25) is 4.79 Å². The van der Waals surface area contributed by atoms with Crippen molar-refractivity contribution in [3.8, 4) is 11.3 Å². The Morgan fingerprint density at radius 3 is 2.63 bits per heavy atom. The van der Waals surface area contributed by atoms with Gasteiger partial charge in [-0.1, -0.05) is 12.1 Å². The Hall–Kier alpha value is -3.52. The number of aromatic nitrogens is 4. The fourth-order valence-electron chi connectivity index (χ4n) is 3.40. The molecule has 3 heterocycles. The van der Waals surface area contributed by atoms with Crippen molar-refractivity contribution in [3.63, 3.8) is 0 Å². The zero-order chi connectivity index (χ0) is 21.5. The van der Waals surface area contributed by atoms with E-state index in [1.807, 2.05) is 29.7 Å². The van der Waals surface area contributed by atoms with E-state index in [1.54, 1.807) is 36.0 Å². The van der Waals surface area contributed by atoms with E-state index in [0.29, 0.717) is 35.5 Å². The average Bonchev–Trinajstić information content (AvgIpc) is 3.34. The van der Waals surface area contributed by atoms with Crippen molar-refractivity contribution in [1.82, 2.24) is 19.4 Å². The van der Waals surface area contributed by atoms with E-state index in [2.05, 4.69) is 10.3 Å². The molecular weight excluding hydrogens is 385 g/mol. The molecule has 0 saturated heterocycles. The van der Waals surface area contributed by atoms with Crippen LogP contribution < -0.4 is 5.73 Å². The molecule has 0 radical (unpaired) electrons. The Balaban J connectivity index is 1.72. The summed E-state index contributed by atoms with van der Waals surface area (Å²) in [5.74, 6) is -0.904. The van der Waals surface area contributed by atoms with Crippen LogP contribution in [0.1, 0.15) is 41.9 Å². The molecule has 3 N–H and O–H groups in total. The highest BCUT2D eigenvalue weighted by Gasteiger charge is 2.24. The lowest BCUT2D eigenvalue weighted by Crippen LogP contribution is -2.20. The number of rotatable bonds is 6. The summed E-state index contributed by atoms with van der Waals surface area (Å²) in [6, 6.07) is 11.5. The van der Waals surface area contributed by atoms with Crippen LogP contribution in [0.25, 0.3) is 16.8 Å². The molecule has 0 saturated carbocycles. The van der Waals surface area contributed by atoms with Crippen molar-refractivity contribution in [1.29, 1.82) is 0 Å². The molecule has 0 spiro atoms. The van der Waals surface area contributed by atoms with E-state index in [0.717, 1.165) is 11.1 Å². The van der Waals surface area contributed by atoms with Crippen molar-refractivity contribution < 1.29 is 14.3 Å². The zero-order valence-corrected chi connectivity index (χ0v) is 16.7. The van der Waals surface area contributed by atoms with E-state index in [-0.39, 0.29) is 5.82 Å². The van der Waals surface area contributed by atoms with Crippen LogP contribution in [0.5, 0.6) is 0 Å². The number of pyridine rings is 1. The third-order valence-corrected chi connectivity index (χ3v) is 5.34. The Labute approximate surface area is 172 Å². The molecule has 1 aromatic carbocycles. The fourth-order valence-corrected chi connectivity index (χ4v) is 3.40. The van der Waals surface area contributed by atoms with Crippen LogP contribution >= 0.6 is 0 Å². The van der Waals surface area contributed by atoms with Gasteiger partial charge in [0.2, 0.25) is 0 Å². The summed E-state index contributed by atoms with van der Waals surface area (Å²) in [6.45, 7) is 4.04. The predicted octanol–water partition coefficient (Wildman–Crippen LogP) is 3.10. The smallest absolute Gasteiger partial charge is 0.250 e. The molecule has 30 heavy (non-hydrogen) atoms. The minimum absolute atomic E-state index is 0.350. The molecule has 1 atom stereocenters. The quantitative estimate of drug-likeness (QED) is 0.513. The summed E-state index contributed by atoms with van der Waals surface area (Å²) in [4.78, 5) is 12.0. The van der Waals surface area contributed by atoms with Gasteiger partial charge in [0.25, 0.3) is 5.91 Å². The number of hydrogen-bond donors (Lipinski definition) is 2. The molecule has 3 aromatic heterocycles. The topological polar surface area (TPSA) is 98.4 Å². The second-order valence-corrected chi connectivity index (χ2v) is 7.54. The van der Waals surface area contributed by atoms with Gasteiger partial charge in [-0.15, -0.1) is 5.10 Å². The summed E-state index contributed by atoms with van der Waals surface area (Å²) in [6.07, 6.45) is 4.10. The minimum atomic E-state index is -1.02. The van der Waals surface area contributed by atoms with Crippen LogP contribution in [-0.2, 0) is 12.1 Å². The molecule has 4 aromatic rings. The van der Waals surface area contributed by atoms with Crippen LogP contribution in [0.3, 0.4) is 0 Å². The van der Waals surface area contributed by atoms with Crippen LogP contribution in [0.2, 0.25) is 0 Å². The van der Waals surface area contributed by atoms with Gasteiger partial charge < -0.3 is 15.2 Å². The van der Waals surface area contributed by atoms with Crippen molar-refractivity contribution in [2.24, 2.45) is 5.73 Å². The number of carbonyl (C=O) groups excluding carboxylic acids is 1. The van der Waals surface area contributed by atoms with Crippen molar-refractivity contribution in [2.45, 2.75) is 32.4 Å². The SMILES string of the molecule is CCC(C)(O)c1cn(Cc2ccn3c(-c4ccc(F)cc4)c(C(N)=O)cc3c2)nn1. The maximum absolute atomic E-state index is 13.3. The van der Waals surface area contributed by atoms with E-state index >= 15 is 0 Å². The van der Waals surface area contributed by atoms with Gasteiger partial charge in [0.1, 0.15) is 17.1 Å². The number of aliphatic hydroxyl groups is 1. The Morgan fingerprint density at radius 2 is 1.97 bits per heavy atom. The summed E-state index contributed by atoms with van der Waals surface area (Å²) < 4.78 is 16.8. The number of fused-ring (bicyclic) bond motifs is 1. The Kier molecular flexibility index (Phi) is 4.87. The standard InChI is InChI=1S/C22H22FN5O2/c1-3-22(2,30)19-13-27(26-25-19)12-14-8-9-28-17(10-14)11-18(21(24)29)20(28)15-4-6-16(23)7-5-15/h4-11,13,30H,3,12H2,1-2H3,(H2,24,29). The lowest BCUT2D eigenvalue weighted by atomic mass is 10.0. The first-order valence-corrected chi connectivity index (χ1v) is 9.61. The molecule has 0 bridgehead atoms. The van der Waals surface area contributed by atoms with Crippen LogP contribution in [-0.4, -0.2) is 30.4 Å². The van der Waals surface area contributed by atoms with Gasteiger partial charge in [-0.25, -0.2) is 9.07 Å². The highest BCUT2D eigenvalue weighted by Crippen LogP contribution is 2.28. The highest BCUT2D eigenvalue weighted by molar-refractivity contribution is 6.01. The van der Waals surface area contributed by atoms with Gasteiger partial charge in [-0.2, -0.15) is 0 Å². The third kappa shape index (κ3) is 3.57. The molecule has 1 amide bonds. The minimum Gasteiger partial charge on any atom is -0.384 e. The number of benzene rings is 1. The van der Waals surface area contributed by atoms with Gasteiger partial charge >= 0.3 is 0 Å². The lowest BCUT2D eigenvalue weighted by Gasteiger charge is -2.16. The number of halogens is 1. The van der Waals surface area contributed by atoms with E-state index < -0.39 is 11.5 Å². The van der Waals surface area contributed by atoms with Gasteiger partial charge in [0, 0.05) is 11.7 Å². The average molecular weight is 407 g/mol. The van der Waals surface area contributed by atoms with E-state index in [1.165, 1.54) is 12.1 Å². The maximum Gasteiger partial charge on any atom is 0.250 e. The molecule has 154 valence electrons. The first-order valence-electron chi connectivity index (χ1n) is 9.61. The van der Waals surface area contributed by atoms with Crippen molar-refractivity contribution in [2.75, 3.05) is 0 Å². The molecule has 8 heteroatoms. The summed E-state index contributed by atoms with van der Waals surface area (Å²) in [5.41, 5.74) is 8.48. The monoisotopic (exact) mass is 407 g/mol. The van der Waals surface area contributed by atoms with Crippen LogP contribution in [0.4, 0.5) is 4.39 Å². The lowest BCUT2D eigenvalue weighted by molar-refractivity contribution is 0.0484. The number of hydrogen-bond acceptors (Lipinski definition) is 4. The maximum atomic E-state index is 13.3. The molecule has 0 aliphatic rings. The van der Waals surface area contributed by atoms with Crippen molar-refractivity contribution in [3.05, 3.63) is 77.5 Å². The van der Waals surface area contributed by atoms with Crippen LogP contribution in [0.15, 0.2) is 54.9 Å². The summed E-state index contributed by atoms with van der Waals surface area (Å²) in [7, 11) is 0. The van der Waals surface area contributed by atoms with Gasteiger partial charge in [0.05, 0.1) is 24.0 Å². The summed E-state index contributed by atoms with van der Waals surface area (Å²) >= 11 is 0. The molecule has 7 nitrogen and oxygen atoms in total. The number of carbonyl (C=O) groups is 1. The molecule has 4 rings (SSSR count). The fraction of sp³-hybridized carbons (Fsp3) is 0.227. The van der Waals surface area contributed by atoms with Gasteiger partial charge in [-0.05, 0) is 66.9 Å². The normalized spacial score (nSPS) is 13.5. The number of primary amides is 1. The molecule has 0 aliphatic heterocycles. The van der Waals surface area contributed by atoms with Gasteiger partial charge in [0.15, 0.2) is 0 Å². The highest BCUT2D eigenvalue weighted by atomic mass is 19.1. The molecule has 0 fully saturated rings. The second kappa shape index (κ2) is 7.38. The number of nitrogens with two attached hydrogens (primary N) is 1. The third-order valence-electron chi connectivity index (χ3n) is 5.34. The molecule has 0 aliphatic carbocycles. The van der Waals surface area contributed by atoms with Crippen molar-refractivity contribution >= 4 is 11.4 Å². The first-order chi connectivity index (χ1) is 14.3. The second-order valence-electron chi connectivity index (χ2n) is 7.54. The zero-order valence-electron chi connectivity index (χ0n) is 16.7. The largest absolute Gasteiger partial charge is 0.384 e. The van der Waals surface area contributed by atoms with E-state index in [4.69, 9.17) is 5.73 Å². The number of amides is 1. The van der Waals surface area contributed by atoms with E-state index in [9.17, 15) is 14.3 Å². The predicted molar refractivity (Wildman–Crippen MR) is 110 cm³/mol.